The highest BCUT2D eigenvalue weighted by Gasteiger charge is 2.22. The van der Waals surface area contributed by atoms with Gasteiger partial charge in [-0.05, 0) is 6.92 Å². The van der Waals surface area contributed by atoms with Crippen LogP contribution in [0.5, 0.6) is 0 Å². The number of aliphatic hydroxyl groups is 3. The van der Waals surface area contributed by atoms with E-state index in [-0.39, 0.29) is 12.4 Å². The maximum Gasteiger partial charge on any atom is 0.165 e. The molecule has 0 bridgehead atoms. The molecule has 98 valence electrons. The molecule has 3 atom stereocenters. The topological polar surface area (TPSA) is 130 Å². The Kier molecular flexibility index (Phi) is 3.41. The fraction of sp³-hybridized carbons (Fsp3) is 0.500. The minimum atomic E-state index is -1.23. The van der Waals surface area contributed by atoms with Crippen LogP contribution in [-0.2, 0) is 6.54 Å². The second-order valence-corrected chi connectivity index (χ2v) is 4.13. The van der Waals surface area contributed by atoms with E-state index in [1.54, 1.807) is 4.57 Å². The zero-order valence-corrected chi connectivity index (χ0v) is 9.80. The molecule has 0 aromatic carbocycles. The highest BCUT2D eigenvalue weighted by molar-refractivity contribution is 5.81. The lowest BCUT2D eigenvalue weighted by Gasteiger charge is -2.20. The fourth-order valence-electron chi connectivity index (χ4n) is 1.66. The molecule has 0 aliphatic rings. The number of anilines is 1. The Labute approximate surface area is 103 Å². The number of aromatic nitrogens is 4. The van der Waals surface area contributed by atoms with E-state index in [1.807, 2.05) is 0 Å². The molecule has 0 saturated heterocycles. The van der Waals surface area contributed by atoms with Gasteiger partial charge < -0.3 is 25.6 Å². The Bertz CT molecular complexity index is 541. The molecule has 8 nitrogen and oxygen atoms in total. The summed E-state index contributed by atoms with van der Waals surface area (Å²) in [5, 5.41) is 28.5. The van der Waals surface area contributed by atoms with Crippen LogP contribution < -0.4 is 5.73 Å². The Hall–Kier alpha value is -1.77. The van der Waals surface area contributed by atoms with Crippen molar-refractivity contribution in [2.45, 2.75) is 31.8 Å². The van der Waals surface area contributed by atoms with Gasteiger partial charge in [0, 0.05) is 0 Å². The van der Waals surface area contributed by atoms with Crippen LogP contribution in [0.25, 0.3) is 11.2 Å². The third-order valence-corrected chi connectivity index (χ3v) is 2.70. The normalized spacial score (nSPS) is 16.7. The van der Waals surface area contributed by atoms with Crippen LogP contribution in [0.3, 0.4) is 0 Å². The van der Waals surface area contributed by atoms with Crippen molar-refractivity contribution in [1.82, 2.24) is 19.5 Å². The molecular formula is C10H15N5O3. The predicted octanol–water partition coefficient (Wildman–Crippen LogP) is -1.49. The predicted molar refractivity (Wildman–Crippen MR) is 63.4 cm³/mol. The SMILES string of the molecule is CC(O)C(O)C(O)Cn1cnc2c(N)ncnc21. The highest BCUT2D eigenvalue weighted by Crippen LogP contribution is 2.15. The molecule has 0 fully saturated rings. The molecule has 2 rings (SSSR count). The van der Waals surface area contributed by atoms with Gasteiger partial charge in [-0.2, -0.15) is 0 Å². The first kappa shape index (κ1) is 12.7. The maximum atomic E-state index is 9.76. The van der Waals surface area contributed by atoms with E-state index >= 15 is 0 Å². The number of imidazole rings is 1. The van der Waals surface area contributed by atoms with E-state index in [1.165, 1.54) is 19.6 Å². The zero-order chi connectivity index (χ0) is 13.3. The van der Waals surface area contributed by atoms with E-state index in [2.05, 4.69) is 15.0 Å². The van der Waals surface area contributed by atoms with Gasteiger partial charge in [-0.15, -0.1) is 0 Å². The molecule has 8 heteroatoms. The molecule has 5 N–H and O–H groups in total. The summed E-state index contributed by atoms with van der Waals surface area (Å²) in [6, 6.07) is 0. The average molecular weight is 253 g/mol. The van der Waals surface area contributed by atoms with Crippen LogP contribution in [0.4, 0.5) is 5.82 Å². The summed E-state index contributed by atoms with van der Waals surface area (Å²) in [7, 11) is 0. The summed E-state index contributed by atoms with van der Waals surface area (Å²) >= 11 is 0. The van der Waals surface area contributed by atoms with E-state index < -0.39 is 18.3 Å². The lowest BCUT2D eigenvalue weighted by atomic mass is 10.1. The van der Waals surface area contributed by atoms with Gasteiger partial charge in [0.25, 0.3) is 0 Å². The van der Waals surface area contributed by atoms with Gasteiger partial charge >= 0.3 is 0 Å². The monoisotopic (exact) mass is 253 g/mol. The quantitative estimate of drug-likeness (QED) is 0.522. The first-order valence-corrected chi connectivity index (χ1v) is 5.46. The largest absolute Gasteiger partial charge is 0.391 e. The van der Waals surface area contributed by atoms with Gasteiger partial charge in [0.1, 0.15) is 24.1 Å². The fourth-order valence-corrected chi connectivity index (χ4v) is 1.66. The third kappa shape index (κ3) is 2.26. The number of nitrogens with zero attached hydrogens (tertiary/aromatic N) is 4. The van der Waals surface area contributed by atoms with Crippen LogP contribution in [0, 0.1) is 0 Å². The minimum Gasteiger partial charge on any atom is -0.391 e. The van der Waals surface area contributed by atoms with E-state index in [4.69, 9.17) is 5.73 Å². The summed E-state index contributed by atoms with van der Waals surface area (Å²) in [6.07, 6.45) is -0.629. The summed E-state index contributed by atoms with van der Waals surface area (Å²) in [5.41, 5.74) is 6.54. The lowest BCUT2D eigenvalue weighted by molar-refractivity contribution is -0.0570. The Morgan fingerprint density at radius 3 is 2.67 bits per heavy atom. The van der Waals surface area contributed by atoms with E-state index in [9.17, 15) is 15.3 Å². The first-order chi connectivity index (χ1) is 8.50. The van der Waals surface area contributed by atoms with Gasteiger partial charge in [-0.3, -0.25) is 0 Å². The summed E-state index contributed by atoms with van der Waals surface area (Å²) in [5.74, 6) is 0.254. The van der Waals surface area contributed by atoms with Crippen LogP contribution in [-0.4, -0.2) is 53.2 Å². The number of hydrogen-bond donors (Lipinski definition) is 4. The van der Waals surface area contributed by atoms with Gasteiger partial charge in [-0.1, -0.05) is 0 Å². The van der Waals surface area contributed by atoms with Crippen LogP contribution >= 0.6 is 0 Å². The maximum absolute atomic E-state index is 9.76. The van der Waals surface area contributed by atoms with Gasteiger partial charge in [0.05, 0.1) is 19.0 Å². The van der Waals surface area contributed by atoms with Crippen molar-refractivity contribution in [2.24, 2.45) is 0 Å². The highest BCUT2D eigenvalue weighted by atomic mass is 16.4. The van der Waals surface area contributed by atoms with Crippen molar-refractivity contribution in [3.63, 3.8) is 0 Å². The molecule has 0 radical (unpaired) electrons. The number of aliphatic hydroxyl groups excluding tert-OH is 3. The molecule has 0 spiro atoms. The van der Waals surface area contributed by atoms with Crippen molar-refractivity contribution >= 4 is 17.0 Å². The van der Waals surface area contributed by atoms with Crippen molar-refractivity contribution in [1.29, 1.82) is 0 Å². The Morgan fingerprint density at radius 1 is 1.28 bits per heavy atom. The molecular weight excluding hydrogens is 238 g/mol. The summed E-state index contributed by atoms with van der Waals surface area (Å²) in [6.45, 7) is 1.46. The number of nitrogen functional groups attached to an aromatic ring is 1. The van der Waals surface area contributed by atoms with Crippen molar-refractivity contribution in [3.05, 3.63) is 12.7 Å². The zero-order valence-electron chi connectivity index (χ0n) is 9.80. The van der Waals surface area contributed by atoms with Crippen LogP contribution in [0.1, 0.15) is 6.92 Å². The molecule has 2 aromatic rings. The van der Waals surface area contributed by atoms with Gasteiger partial charge in [0.15, 0.2) is 11.5 Å². The molecule has 0 amide bonds. The molecule has 2 aromatic heterocycles. The number of hydrogen-bond acceptors (Lipinski definition) is 7. The van der Waals surface area contributed by atoms with Crippen molar-refractivity contribution in [2.75, 3.05) is 5.73 Å². The molecule has 3 unspecified atom stereocenters. The molecule has 2 heterocycles. The Balaban J connectivity index is 2.25. The average Bonchev–Trinajstić information content (AvgIpc) is 2.73. The molecule has 18 heavy (non-hydrogen) atoms. The molecule has 0 saturated carbocycles. The van der Waals surface area contributed by atoms with E-state index in [0.29, 0.717) is 11.2 Å². The van der Waals surface area contributed by atoms with Gasteiger partial charge in [-0.25, -0.2) is 15.0 Å². The smallest absolute Gasteiger partial charge is 0.165 e. The Morgan fingerprint density at radius 2 is 2.00 bits per heavy atom. The van der Waals surface area contributed by atoms with Crippen LogP contribution in [0.2, 0.25) is 0 Å². The molecule has 0 aliphatic heterocycles. The van der Waals surface area contributed by atoms with E-state index in [0.717, 1.165) is 0 Å². The van der Waals surface area contributed by atoms with Gasteiger partial charge in [0.2, 0.25) is 0 Å². The number of fused-ring (bicyclic) bond motifs is 1. The first-order valence-electron chi connectivity index (χ1n) is 5.46. The van der Waals surface area contributed by atoms with Crippen LogP contribution in [0.15, 0.2) is 12.7 Å². The second-order valence-electron chi connectivity index (χ2n) is 4.13. The lowest BCUT2D eigenvalue weighted by Crippen LogP contribution is -2.38. The standard InChI is InChI=1S/C10H15N5O3/c1-5(16)8(18)6(17)2-15-4-14-7-9(11)12-3-13-10(7)15/h3-6,8,16-18H,2H2,1H3,(H2,11,12,13). The molecule has 0 aliphatic carbocycles. The summed E-state index contributed by atoms with van der Waals surface area (Å²) < 4.78 is 1.55. The minimum absolute atomic E-state index is 0.0546. The summed E-state index contributed by atoms with van der Waals surface area (Å²) in [4.78, 5) is 11.8. The van der Waals surface area contributed by atoms with Crippen molar-refractivity contribution < 1.29 is 15.3 Å². The number of rotatable bonds is 4. The number of nitrogens with two attached hydrogens (primary N) is 1. The third-order valence-electron chi connectivity index (χ3n) is 2.70. The van der Waals surface area contributed by atoms with Crippen molar-refractivity contribution in [3.8, 4) is 0 Å². The second kappa shape index (κ2) is 4.84.